The highest BCUT2D eigenvalue weighted by atomic mass is 35.5. The maximum absolute atomic E-state index is 6.05. The molecule has 0 amide bonds. The van der Waals surface area contributed by atoms with Gasteiger partial charge in [-0.05, 0) is 0 Å². The van der Waals surface area contributed by atoms with E-state index in [1.165, 1.54) is 0 Å². The lowest BCUT2D eigenvalue weighted by Gasteiger charge is -2.04. The van der Waals surface area contributed by atoms with E-state index in [9.17, 15) is 0 Å². The van der Waals surface area contributed by atoms with Crippen molar-refractivity contribution in [2.24, 2.45) is 0 Å². The normalized spacial score (nSPS) is 10.4. The van der Waals surface area contributed by atoms with Crippen LogP contribution in [0.4, 0.5) is 0 Å². The molecule has 2 aromatic heterocycles. The van der Waals surface area contributed by atoms with Crippen LogP contribution in [-0.2, 0) is 0 Å². The minimum atomic E-state index is 0.384. The Morgan fingerprint density at radius 1 is 0.895 bits per heavy atom. The van der Waals surface area contributed by atoms with Gasteiger partial charge in [-0.3, -0.25) is 9.97 Å². The Hall–Kier alpha value is -2.33. The summed E-state index contributed by atoms with van der Waals surface area (Å²) in [4.78, 5) is 17.0. The van der Waals surface area contributed by atoms with Crippen LogP contribution < -0.4 is 0 Å². The van der Waals surface area contributed by atoms with E-state index in [1.807, 2.05) is 30.3 Å². The predicted octanol–water partition coefficient (Wildman–Crippen LogP) is 3.25. The van der Waals surface area contributed by atoms with Crippen LogP contribution in [0.3, 0.4) is 0 Å². The first-order chi connectivity index (χ1) is 9.33. The number of halogens is 1. The quantitative estimate of drug-likeness (QED) is 0.670. The summed E-state index contributed by atoms with van der Waals surface area (Å²) >= 11 is 6.05. The van der Waals surface area contributed by atoms with Crippen LogP contribution in [0.2, 0.25) is 5.15 Å². The molecule has 0 bridgehead atoms. The molecule has 19 heavy (non-hydrogen) atoms. The lowest BCUT2D eigenvalue weighted by Crippen LogP contribution is -1.94. The average Bonchev–Trinajstić information content (AvgIpc) is 2.48. The summed E-state index contributed by atoms with van der Waals surface area (Å²) < 4.78 is 0. The molecule has 3 rings (SSSR count). The molecule has 0 spiro atoms. The molecule has 0 unspecified atom stereocenters. The SMILES string of the molecule is Clc1cc(-c2cnccn2)nc(-c2ccccc2)n1. The van der Waals surface area contributed by atoms with Crippen LogP contribution in [0.5, 0.6) is 0 Å². The summed E-state index contributed by atoms with van der Waals surface area (Å²) in [6.07, 6.45) is 4.88. The van der Waals surface area contributed by atoms with Crippen molar-refractivity contribution in [1.29, 1.82) is 0 Å². The van der Waals surface area contributed by atoms with E-state index < -0.39 is 0 Å². The Morgan fingerprint density at radius 2 is 1.74 bits per heavy atom. The van der Waals surface area contributed by atoms with Gasteiger partial charge in [-0.25, -0.2) is 9.97 Å². The van der Waals surface area contributed by atoms with E-state index in [0.29, 0.717) is 22.4 Å². The van der Waals surface area contributed by atoms with Gasteiger partial charge in [0, 0.05) is 24.0 Å². The van der Waals surface area contributed by atoms with Gasteiger partial charge in [0.2, 0.25) is 0 Å². The van der Waals surface area contributed by atoms with Crippen molar-refractivity contribution in [2.75, 3.05) is 0 Å². The molecule has 0 radical (unpaired) electrons. The van der Waals surface area contributed by atoms with Crippen molar-refractivity contribution in [3.8, 4) is 22.8 Å². The van der Waals surface area contributed by atoms with Gasteiger partial charge in [-0.15, -0.1) is 0 Å². The van der Waals surface area contributed by atoms with E-state index >= 15 is 0 Å². The fourth-order valence-electron chi connectivity index (χ4n) is 1.70. The molecule has 1 aromatic carbocycles. The summed E-state index contributed by atoms with van der Waals surface area (Å²) in [5, 5.41) is 0.384. The zero-order valence-corrected chi connectivity index (χ0v) is 10.6. The maximum Gasteiger partial charge on any atom is 0.161 e. The summed E-state index contributed by atoms with van der Waals surface area (Å²) in [6, 6.07) is 11.4. The largest absolute Gasteiger partial charge is 0.261 e. The summed E-state index contributed by atoms with van der Waals surface area (Å²) in [7, 11) is 0. The second-order valence-corrected chi connectivity index (χ2v) is 4.24. The van der Waals surface area contributed by atoms with Crippen molar-refractivity contribution in [3.63, 3.8) is 0 Å². The van der Waals surface area contributed by atoms with Crippen LogP contribution in [0.25, 0.3) is 22.8 Å². The minimum absolute atomic E-state index is 0.384. The Morgan fingerprint density at radius 3 is 2.47 bits per heavy atom. The lowest BCUT2D eigenvalue weighted by molar-refractivity contribution is 1.14. The monoisotopic (exact) mass is 268 g/mol. The number of aromatic nitrogens is 4. The van der Waals surface area contributed by atoms with Gasteiger partial charge in [-0.1, -0.05) is 41.9 Å². The van der Waals surface area contributed by atoms with Crippen LogP contribution in [0.1, 0.15) is 0 Å². The van der Waals surface area contributed by atoms with Crippen molar-refractivity contribution in [1.82, 2.24) is 19.9 Å². The highest BCUT2D eigenvalue weighted by molar-refractivity contribution is 6.29. The van der Waals surface area contributed by atoms with E-state index in [1.54, 1.807) is 24.7 Å². The number of hydrogen-bond donors (Lipinski definition) is 0. The third-order valence-electron chi connectivity index (χ3n) is 2.55. The zero-order valence-electron chi connectivity index (χ0n) is 9.86. The van der Waals surface area contributed by atoms with Crippen molar-refractivity contribution >= 4 is 11.6 Å². The Balaban J connectivity index is 2.12. The van der Waals surface area contributed by atoms with Crippen LogP contribution >= 0.6 is 11.6 Å². The van der Waals surface area contributed by atoms with E-state index in [0.717, 1.165) is 5.56 Å². The van der Waals surface area contributed by atoms with Gasteiger partial charge in [0.15, 0.2) is 5.82 Å². The molecule has 2 heterocycles. The molecule has 0 saturated carbocycles. The van der Waals surface area contributed by atoms with Gasteiger partial charge in [0.1, 0.15) is 10.8 Å². The van der Waals surface area contributed by atoms with Crippen molar-refractivity contribution in [2.45, 2.75) is 0 Å². The molecule has 0 saturated heterocycles. The molecular weight excluding hydrogens is 260 g/mol. The molecule has 4 nitrogen and oxygen atoms in total. The first-order valence-electron chi connectivity index (χ1n) is 5.69. The fourth-order valence-corrected chi connectivity index (χ4v) is 1.88. The number of benzene rings is 1. The Kier molecular flexibility index (Phi) is 3.16. The second kappa shape index (κ2) is 5.12. The average molecular weight is 269 g/mol. The molecule has 0 aliphatic heterocycles. The number of rotatable bonds is 2. The maximum atomic E-state index is 6.05. The third-order valence-corrected chi connectivity index (χ3v) is 2.75. The van der Waals surface area contributed by atoms with E-state index in [-0.39, 0.29) is 0 Å². The molecule has 3 aromatic rings. The molecule has 0 aliphatic rings. The molecule has 0 fully saturated rings. The smallest absolute Gasteiger partial charge is 0.161 e. The van der Waals surface area contributed by atoms with Gasteiger partial charge in [0.25, 0.3) is 0 Å². The summed E-state index contributed by atoms with van der Waals surface area (Å²) in [6.45, 7) is 0. The molecule has 0 atom stereocenters. The van der Waals surface area contributed by atoms with Gasteiger partial charge in [0.05, 0.1) is 11.9 Å². The summed E-state index contributed by atoms with van der Waals surface area (Å²) in [5.74, 6) is 0.578. The zero-order chi connectivity index (χ0) is 13.1. The first-order valence-corrected chi connectivity index (χ1v) is 6.07. The van der Waals surface area contributed by atoms with Crippen LogP contribution in [0, 0.1) is 0 Å². The first kappa shape index (κ1) is 11.7. The standard InChI is InChI=1S/C14H9ClN4/c15-13-8-11(12-9-16-6-7-17-12)18-14(19-13)10-4-2-1-3-5-10/h1-9H. The minimum Gasteiger partial charge on any atom is -0.261 e. The highest BCUT2D eigenvalue weighted by Gasteiger charge is 2.08. The number of hydrogen-bond acceptors (Lipinski definition) is 4. The van der Waals surface area contributed by atoms with Crippen LogP contribution in [0.15, 0.2) is 55.0 Å². The predicted molar refractivity (Wildman–Crippen MR) is 73.5 cm³/mol. The Bertz CT molecular complexity index is 629. The van der Waals surface area contributed by atoms with E-state index in [2.05, 4.69) is 19.9 Å². The van der Waals surface area contributed by atoms with Crippen LogP contribution in [-0.4, -0.2) is 19.9 Å². The van der Waals surface area contributed by atoms with Gasteiger partial charge < -0.3 is 0 Å². The fraction of sp³-hybridized carbons (Fsp3) is 0. The topological polar surface area (TPSA) is 51.6 Å². The third kappa shape index (κ3) is 2.58. The highest BCUT2D eigenvalue weighted by Crippen LogP contribution is 2.22. The Labute approximate surface area is 115 Å². The van der Waals surface area contributed by atoms with Gasteiger partial charge in [-0.2, -0.15) is 0 Å². The molecule has 92 valence electrons. The lowest BCUT2D eigenvalue weighted by atomic mass is 10.2. The van der Waals surface area contributed by atoms with Gasteiger partial charge >= 0.3 is 0 Å². The molecule has 5 heteroatoms. The van der Waals surface area contributed by atoms with Crippen molar-refractivity contribution in [3.05, 3.63) is 60.1 Å². The second-order valence-electron chi connectivity index (χ2n) is 3.86. The molecular formula is C14H9ClN4. The summed E-state index contributed by atoms with van der Waals surface area (Å²) in [5.41, 5.74) is 2.24. The molecule has 0 aliphatic carbocycles. The molecule has 0 N–H and O–H groups in total. The van der Waals surface area contributed by atoms with E-state index in [4.69, 9.17) is 11.6 Å². The number of nitrogens with zero attached hydrogens (tertiary/aromatic N) is 4. The van der Waals surface area contributed by atoms with Crippen molar-refractivity contribution < 1.29 is 0 Å².